The van der Waals surface area contributed by atoms with E-state index in [0.29, 0.717) is 25.7 Å². The zero-order chi connectivity index (χ0) is 23.9. The third kappa shape index (κ3) is 3.57. The van der Waals surface area contributed by atoms with Crippen LogP contribution in [-0.4, -0.2) is 62.3 Å². The van der Waals surface area contributed by atoms with E-state index in [1.807, 2.05) is 33.8 Å². The number of aliphatic hydroxyl groups is 1. The first-order valence-electron chi connectivity index (χ1n) is 11.4. The molecule has 1 N–H and O–H groups in total. The van der Waals surface area contributed by atoms with Crippen LogP contribution in [0.2, 0.25) is 0 Å². The van der Waals surface area contributed by atoms with Crippen molar-refractivity contribution in [2.75, 3.05) is 27.8 Å². The molecule has 7 atom stereocenters. The van der Waals surface area contributed by atoms with Crippen molar-refractivity contribution in [3.8, 4) is 0 Å². The van der Waals surface area contributed by atoms with Gasteiger partial charge in [0.1, 0.15) is 25.3 Å². The Morgan fingerprint density at radius 1 is 1.19 bits per heavy atom. The van der Waals surface area contributed by atoms with Crippen molar-refractivity contribution in [2.45, 2.75) is 76.8 Å². The molecule has 0 radical (unpaired) electrons. The van der Waals surface area contributed by atoms with Crippen LogP contribution < -0.4 is 0 Å². The second-order valence-corrected chi connectivity index (χ2v) is 10.6. The predicted octanol–water partition coefficient (Wildman–Crippen LogP) is 3.61. The molecule has 3 aliphatic rings. The summed E-state index contributed by atoms with van der Waals surface area (Å²) in [5.74, 6) is -1.22. The van der Waals surface area contributed by atoms with Crippen LogP contribution in [0, 0.1) is 22.7 Å². The van der Waals surface area contributed by atoms with E-state index < -0.39 is 40.0 Å². The maximum atomic E-state index is 12.9. The minimum absolute atomic E-state index is 0.0894. The van der Waals surface area contributed by atoms with Crippen LogP contribution in [0.4, 0.5) is 0 Å². The number of hydrogen-bond donors (Lipinski definition) is 1. The molecule has 7 nitrogen and oxygen atoms in total. The Kier molecular flexibility index (Phi) is 7.01. The van der Waals surface area contributed by atoms with Crippen LogP contribution in [0.5, 0.6) is 0 Å². The van der Waals surface area contributed by atoms with Crippen molar-refractivity contribution in [1.29, 1.82) is 0 Å². The van der Waals surface area contributed by atoms with Crippen molar-refractivity contribution in [1.82, 2.24) is 0 Å². The summed E-state index contributed by atoms with van der Waals surface area (Å²) in [5.41, 5.74) is -2.25. The van der Waals surface area contributed by atoms with Crippen LogP contribution >= 0.6 is 0 Å². The van der Waals surface area contributed by atoms with Crippen LogP contribution in [0.25, 0.3) is 0 Å². The van der Waals surface area contributed by atoms with Gasteiger partial charge in [-0.15, -0.1) is 6.58 Å². The highest BCUT2D eigenvalue weighted by atomic mass is 16.7. The molecule has 1 heterocycles. The lowest BCUT2D eigenvalue weighted by Crippen LogP contribution is -2.67. The molecule has 2 aliphatic carbocycles. The Balaban J connectivity index is 2.11. The van der Waals surface area contributed by atoms with Gasteiger partial charge < -0.3 is 28.8 Å². The van der Waals surface area contributed by atoms with Gasteiger partial charge in [-0.1, -0.05) is 39.0 Å². The molecule has 2 bridgehead atoms. The third-order valence-electron chi connectivity index (χ3n) is 8.61. The van der Waals surface area contributed by atoms with Gasteiger partial charge in [-0.3, -0.25) is 4.79 Å². The largest absolute Gasteiger partial charge is 0.455 e. The molecule has 0 amide bonds. The van der Waals surface area contributed by atoms with Crippen LogP contribution in [0.1, 0.15) is 53.4 Å². The highest BCUT2D eigenvalue weighted by molar-refractivity contribution is 5.81. The molecule has 0 aromatic rings. The second kappa shape index (κ2) is 8.84. The fraction of sp³-hybridized carbons (Fsp3) is 0.800. The molecule has 0 spiro atoms. The Bertz CT molecular complexity index is 749. The van der Waals surface area contributed by atoms with Crippen molar-refractivity contribution in [2.24, 2.45) is 22.7 Å². The van der Waals surface area contributed by atoms with E-state index in [0.717, 1.165) is 5.57 Å². The fourth-order valence-corrected chi connectivity index (χ4v) is 6.75. The Morgan fingerprint density at radius 3 is 2.44 bits per heavy atom. The average molecular weight is 453 g/mol. The molecule has 182 valence electrons. The van der Waals surface area contributed by atoms with Crippen LogP contribution in [-0.2, 0) is 28.5 Å². The molecule has 2 saturated carbocycles. The van der Waals surface area contributed by atoms with E-state index in [1.165, 1.54) is 0 Å². The zero-order valence-corrected chi connectivity index (χ0v) is 20.4. The van der Waals surface area contributed by atoms with Gasteiger partial charge in [0.25, 0.3) is 0 Å². The van der Waals surface area contributed by atoms with Crippen LogP contribution in [0.15, 0.2) is 24.8 Å². The summed E-state index contributed by atoms with van der Waals surface area (Å²) in [7, 11) is 3.16. The number of carbonyl (C=O) groups is 1. The predicted molar refractivity (Wildman–Crippen MR) is 120 cm³/mol. The lowest BCUT2D eigenvalue weighted by atomic mass is 9.50. The SMILES string of the molecule is C=C[C@]1(C)[C@@H](OCOC)CC[C@](C)(OCOC)[C@H]1[C@H](O)[C@@]12CCC(=C)[C@@H](C(=O)O1)C2(C)C. The van der Waals surface area contributed by atoms with Crippen LogP contribution in [0.3, 0.4) is 0 Å². The smallest absolute Gasteiger partial charge is 0.314 e. The molecule has 7 heteroatoms. The van der Waals surface area contributed by atoms with Gasteiger partial charge in [0.15, 0.2) is 0 Å². The summed E-state index contributed by atoms with van der Waals surface area (Å²) in [4.78, 5) is 12.9. The number of esters is 1. The van der Waals surface area contributed by atoms with Crippen molar-refractivity contribution < 1.29 is 33.6 Å². The molecule has 3 fully saturated rings. The lowest BCUT2D eigenvalue weighted by Gasteiger charge is -2.59. The molecule has 1 saturated heterocycles. The first-order valence-corrected chi connectivity index (χ1v) is 11.4. The lowest BCUT2D eigenvalue weighted by molar-refractivity contribution is -0.268. The molecule has 32 heavy (non-hydrogen) atoms. The standard InChI is InChI=1S/C25H40O7/c1-9-23(5)17(30-14-28-7)11-12-24(6,31-15-29-8)19(23)20(26)25-13-10-16(2)18(21(27)32-25)22(25,3)4/h9,17-20,26H,1-2,10-15H2,3-8H3/t17-,18-,19-,20-,23+,24-,25+/m0/s1. The first kappa shape index (κ1) is 25.4. The van der Waals surface area contributed by atoms with Crippen molar-refractivity contribution in [3.63, 3.8) is 0 Å². The molecule has 1 aliphatic heterocycles. The van der Waals surface area contributed by atoms with Gasteiger partial charge in [-0.05, 0) is 32.6 Å². The van der Waals surface area contributed by atoms with Gasteiger partial charge in [0.05, 0.1) is 17.6 Å². The minimum atomic E-state index is -1.06. The first-order chi connectivity index (χ1) is 14.9. The zero-order valence-electron chi connectivity index (χ0n) is 20.4. The molecular formula is C25H40O7. The summed E-state index contributed by atoms with van der Waals surface area (Å²) in [6.07, 6.45) is 3.06. The molecular weight excluding hydrogens is 412 g/mol. The minimum Gasteiger partial charge on any atom is -0.455 e. The highest BCUT2D eigenvalue weighted by Gasteiger charge is 2.71. The maximum absolute atomic E-state index is 12.9. The Morgan fingerprint density at radius 2 is 1.84 bits per heavy atom. The van der Waals surface area contributed by atoms with E-state index in [2.05, 4.69) is 13.2 Å². The van der Waals surface area contributed by atoms with Gasteiger partial charge in [-0.25, -0.2) is 0 Å². The van der Waals surface area contributed by atoms with Gasteiger partial charge in [0.2, 0.25) is 0 Å². The second-order valence-electron chi connectivity index (χ2n) is 10.6. The summed E-state index contributed by atoms with van der Waals surface area (Å²) in [5, 5.41) is 12.2. The van der Waals surface area contributed by atoms with Gasteiger partial charge in [0, 0.05) is 31.0 Å². The summed E-state index contributed by atoms with van der Waals surface area (Å²) >= 11 is 0. The molecule has 0 aromatic carbocycles. The van der Waals surface area contributed by atoms with Crippen molar-refractivity contribution in [3.05, 3.63) is 24.8 Å². The number of carbonyl (C=O) groups excluding carboxylic acids is 1. The monoisotopic (exact) mass is 452 g/mol. The summed E-state index contributed by atoms with van der Waals surface area (Å²) in [6, 6.07) is 0. The number of hydrogen-bond acceptors (Lipinski definition) is 7. The number of aliphatic hydroxyl groups excluding tert-OH is 1. The van der Waals surface area contributed by atoms with Gasteiger partial charge in [-0.2, -0.15) is 0 Å². The number of rotatable bonds is 9. The van der Waals surface area contributed by atoms with E-state index in [-0.39, 0.29) is 25.7 Å². The van der Waals surface area contributed by atoms with Crippen molar-refractivity contribution >= 4 is 5.97 Å². The normalized spacial score (nSPS) is 41.9. The van der Waals surface area contributed by atoms with E-state index in [4.69, 9.17) is 23.7 Å². The molecule has 0 unspecified atom stereocenters. The number of fused-ring (bicyclic) bond motifs is 2. The third-order valence-corrected chi connectivity index (χ3v) is 8.61. The maximum Gasteiger partial charge on any atom is 0.314 e. The Hall–Kier alpha value is -1.25. The van der Waals surface area contributed by atoms with Gasteiger partial charge >= 0.3 is 5.97 Å². The fourth-order valence-electron chi connectivity index (χ4n) is 6.75. The quantitative estimate of drug-likeness (QED) is 0.325. The summed E-state index contributed by atoms with van der Waals surface area (Å²) < 4.78 is 28.8. The molecule has 3 rings (SSSR count). The topological polar surface area (TPSA) is 83.5 Å². The Labute approximate surface area is 192 Å². The summed E-state index contributed by atoms with van der Waals surface area (Å²) in [6.45, 7) is 16.5. The highest BCUT2D eigenvalue weighted by Crippen LogP contribution is 2.63. The number of ether oxygens (including phenoxy) is 5. The average Bonchev–Trinajstić information content (AvgIpc) is 2.84. The van der Waals surface area contributed by atoms with E-state index in [1.54, 1.807) is 14.2 Å². The van der Waals surface area contributed by atoms with E-state index in [9.17, 15) is 9.90 Å². The molecule has 0 aromatic heterocycles. The number of methoxy groups -OCH3 is 2. The van der Waals surface area contributed by atoms with E-state index >= 15 is 0 Å².